The van der Waals surface area contributed by atoms with E-state index in [1.54, 1.807) is 36.9 Å². The van der Waals surface area contributed by atoms with Gasteiger partial charge in [-0.3, -0.25) is 9.97 Å². The molecule has 0 amide bonds. The Morgan fingerprint density at radius 1 is 0.962 bits per heavy atom. The van der Waals surface area contributed by atoms with Crippen molar-refractivity contribution < 1.29 is 15.7 Å². The number of nitrogens with zero attached hydrogens (tertiary/aromatic N) is 3. The maximum Gasteiger partial charge on any atom is 0.0731 e. The molecule has 4 rings (SSSR count). The first-order chi connectivity index (χ1) is 12.1. The van der Waals surface area contributed by atoms with Gasteiger partial charge in [-0.25, -0.2) is 0 Å². The Bertz CT molecular complexity index is 586. The normalized spacial score (nSPS) is 21.0. The zero-order valence-electron chi connectivity index (χ0n) is 14.6. The first kappa shape index (κ1) is 22.3. The minimum Gasteiger partial charge on any atom is -0.412 e. The second kappa shape index (κ2) is 12.6. The van der Waals surface area contributed by atoms with Crippen LogP contribution in [0.3, 0.4) is 0 Å². The van der Waals surface area contributed by atoms with Gasteiger partial charge in [0.25, 0.3) is 0 Å². The molecule has 2 fully saturated rings. The van der Waals surface area contributed by atoms with E-state index in [4.69, 9.17) is 16.7 Å². The first-order valence-electron chi connectivity index (χ1n) is 8.42. The lowest BCUT2D eigenvalue weighted by atomic mass is 10.3. The molecule has 0 aromatic carbocycles. The smallest absolute Gasteiger partial charge is 0.0731 e. The number of pyridine rings is 2. The molecule has 4 heterocycles. The molecule has 0 radical (unpaired) electrons. The SMILES string of the molecule is Clc1ccncc1.O.OC1CCN(c2ccncc2)C1.OC1CCNC1. The number of halogens is 1. The number of rotatable bonds is 1. The summed E-state index contributed by atoms with van der Waals surface area (Å²) in [5.74, 6) is 0. The van der Waals surface area contributed by atoms with Gasteiger partial charge in [0.2, 0.25) is 0 Å². The summed E-state index contributed by atoms with van der Waals surface area (Å²) >= 11 is 5.50. The van der Waals surface area contributed by atoms with Gasteiger partial charge in [-0.05, 0) is 43.7 Å². The zero-order chi connectivity index (χ0) is 17.9. The molecule has 7 nitrogen and oxygen atoms in total. The number of aromatic nitrogens is 2. The highest BCUT2D eigenvalue weighted by Gasteiger charge is 2.19. The second-order valence-electron chi connectivity index (χ2n) is 5.91. The van der Waals surface area contributed by atoms with Crippen LogP contribution in [0.25, 0.3) is 0 Å². The molecule has 2 aliphatic rings. The van der Waals surface area contributed by atoms with Gasteiger partial charge in [0.15, 0.2) is 0 Å². The largest absolute Gasteiger partial charge is 0.412 e. The third-order valence-corrected chi connectivity index (χ3v) is 4.12. The van der Waals surface area contributed by atoms with Crippen LogP contribution >= 0.6 is 11.6 Å². The van der Waals surface area contributed by atoms with Crippen LogP contribution in [0.5, 0.6) is 0 Å². The molecular weight excluding hydrogens is 356 g/mol. The minimum atomic E-state index is -0.154. The topological polar surface area (TPSA) is 113 Å². The van der Waals surface area contributed by atoms with E-state index in [0.29, 0.717) is 0 Å². The van der Waals surface area contributed by atoms with Gasteiger partial charge in [0, 0.05) is 55.1 Å². The van der Waals surface area contributed by atoms with E-state index in [0.717, 1.165) is 49.7 Å². The number of aliphatic hydroxyl groups is 2. The van der Waals surface area contributed by atoms with Crippen molar-refractivity contribution in [3.05, 3.63) is 54.1 Å². The van der Waals surface area contributed by atoms with Crippen molar-refractivity contribution in [2.45, 2.75) is 25.0 Å². The molecule has 2 aromatic heterocycles. The van der Waals surface area contributed by atoms with Crippen molar-refractivity contribution in [1.82, 2.24) is 15.3 Å². The fourth-order valence-electron chi connectivity index (χ4n) is 2.50. The zero-order valence-corrected chi connectivity index (χ0v) is 15.4. The molecule has 2 saturated heterocycles. The first-order valence-corrected chi connectivity index (χ1v) is 8.80. The van der Waals surface area contributed by atoms with Gasteiger partial charge in [0.1, 0.15) is 0 Å². The van der Waals surface area contributed by atoms with Gasteiger partial charge in [-0.1, -0.05) is 11.6 Å². The Morgan fingerprint density at radius 3 is 1.92 bits per heavy atom. The van der Waals surface area contributed by atoms with Gasteiger partial charge in [0.05, 0.1) is 12.2 Å². The fourth-order valence-corrected chi connectivity index (χ4v) is 2.62. The summed E-state index contributed by atoms with van der Waals surface area (Å²) in [5.41, 5.74) is 1.15. The van der Waals surface area contributed by atoms with Gasteiger partial charge in [-0.2, -0.15) is 0 Å². The molecule has 8 heteroatoms. The van der Waals surface area contributed by atoms with Crippen LogP contribution in [0.2, 0.25) is 5.02 Å². The average Bonchev–Trinajstić information content (AvgIpc) is 3.29. The summed E-state index contributed by atoms with van der Waals surface area (Å²) in [5, 5.41) is 21.7. The lowest BCUT2D eigenvalue weighted by molar-refractivity contribution is 0.196. The van der Waals surface area contributed by atoms with Crippen molar-refractivity contribution in [2.24, 2.45) is 0 Å². The van der Waals surface area contributed by atoms with Crippen molar-refractivity contribution >= 4 is 17.3 Å². The van der Waals surface area contributed by atoms with E-state index in [2.05, 4.69) is 20.2 Å². The number of anilines is 1. The number of nitrogens with one attached hydrogen (secondary N) is 1. The fraction of sp³-hybridized carbons (Fsp3) is 0.444. The predicted molar refractivity (Wildman–Crippen MR) is 103 cm³/mol. The van der Waals surface area contributed by atoms with Crippen LogP contribution in [0.4, 0.5) is 5.69 Å². The van der Waals surface area contributed by atoms with Gasteiger partial charge < -0.3 is 25.9 Å². The second-order valence-corrected chi connectivity index (χ2v) is 6.34. The van der Waals surface area contributed by atoms with Crippen LogP contribution < -0.4 is 10.2 Å². The van der Waals surface area contributed by atoms with Gasteiger partial charge >= 0.3 is 0 Å². The highest BCUT2D eigenvalue weighted by molar-refractivity contribution is 6.30. The van der Waals surface area contributed by atoms with E-state index >= 15 is 0 Å². The lowest BCUT2D eigenvalue weighted by Crippen LogP contribution is -2.20. The predicted octanol–water partition coefficient (Wildman–Crippen LogP) is 0.903. The van der Waals surface area contributed by atoms with E-state index in [1.165, 1.54) is 0 Å². The molecule has 144 valence electrons. The van der Waals surface area contributed by atoms with Crippen molar-refractivity contribution in [3.8, 4) is 0 Å². The third kappa shape index (κ3) is 8.55. The molecule has 2 aliphatic heterocycles. The summed E-state index contributed by atoms with van der Waals surface area (Å²) < 4.78 is 0. The minimum absolute atomic E-state index is 0. The maximum absolute atomic E-state index is 9.30. The monoisotopic (exact) mass is 382 g/mol. The summed E-state index contributed by atoms with van der Waals surface area (Å²) in [6.45, 7) is 3.48. The summed E-state index contributed by atoms with van der Waals surface area (Å²) in [7, 11) is 0. The summed E-state index contributed by atoms with van der Waals surface area (Å²) in [6, 6.07) is 7.42. The molecule has 2 aromatic rings. The molecule has 0 saturated carbocycles. The molecule has 0 spiro atoms. The third-order valence-electron chi connectivity index (χ3n) is 3.87. The summed E-state index contributed by atoms with van der Waals surface area (Å²) in [4.78, 5) is 9.88. The van der Waals surface area contributed by atoms with E-state index in [9.17, 15) is 5.11 Å². The Kier molecular flexibility index (Phi) is 10.8. The van der Waals surface area contributed by atoms with E-state index < -0.39 is 0 Å². The van der Waals surface area contributed by atoms with E-state index in [1.807, 2.05) is 12.1 Å². The molecule has 2 unspecified atom stereocenters. The molecule has 5 N–H and O–H groups in total. The van der Waals surface area contributed by atoms with Crippen LogP contribution in [-0.2, 0) is 0 Å². The Labute approximate surface area is 159 Å². The Morgan fingerprint density at radius 2 is 1.58 bits per heavy atom. The summed E-state index contributed by atoms with van der Waals surface area (Å²) in [6.07, 6.45) is 8.45. The number of β-amino-alcohol motifs (C(OH)–C–C–N with tert-alkyl or cyclic N) is 2. The van der Waals surface area contributed by atoms with Crippen LogP contribution in [0.15, 0.2) is 49.1 Å². The van der Waals surface area contributed by atoms with Crippen LogP contribution in [0, 0.1) is 0 Å². The van der Waals surface area contributed by atoms with Crippen molar-refractivity contribution in [2.75, 3.05) is 31.1 Å². The number of hydrogen-bond donors (Lipinski definition) is 3. The highest BCUT2D eigenvalue weighted by Crippen LogP contribution is 2.18. The molecule has 0 aliphatic carbocycles. The number of hydrogen-bond acceptors (Lipinski definition) is 6. The van der Waals surface area contributed by atoms with Gasteiger partial charge in [-0.15, -0.1) is 0 Å². The maximum atomic E-state index is 9.30. The van der Waals surface area contributed by atoms with E-state index in [-0.39, 0.29) is 17.7 Å². The Hall–Kier alpha value is -1.77. The number of aliphatic hydroxyl groups excluding tert-OH is 2. The highest BCUT2D eigenvalue weighted by atomic mass is 35.5. The molecule has 0 bridgehead atoms. The van der Waals surface area contributed by atoms with Crippen LogP contribution in [0.1, 0.15) is 12.8 Å². The quantitative estimate of drug-likeness (QED) is 0.675. The standard InChI is InChI=1S/C9H12N2O.C5H4ClN.C4H9NO.H2O/c12-9-3-6-11(7-9)8-1-4-10-5-2-8;6-5-1-3-7-4-2-5;6-4-1-2-5-3-4;/h1-2,4-5,9,12H,3,6-7H2;1-4H;4-6H,1-3H2;1H2. The lowest BCUT2D eigenvalue weighted by Gasteiger charge is -2.16. The average molecular weight is 383 g/mol. The van der Waals surface area contributed by atoms with Crippen molar-refractivity contribution in [1.29, 1.82) is 0 Å². The molecule has 2 atom stereocenters. The molecule has 26 heavy (non-hydrogen) atoms. The van der Waals surface area contributed by atoms with Crippen LogP contribution in [-0.4, -0.2) is 64.0 Å². The van der Waals surface area contributed by atoms with Crippen molar-refractivity contribution in [3.63, 3.8) is 0 Å². The Balaban J connectivity index is 0.000000208. The molecular formula is C18H27ClN4O3.